The number of carbonyl (C=O) groups excluding carboxylic acids is 1. The first kappa shape index (κ1) is 16.0. The fourth-order valence-corrected chi connectivity index (χ4v) is 1.33. The number of halogens is 3. The molecule has 0 aromatic carbocycles. The lowest BCUT2D eigenvalue weighted by atomic mass is 10.1. The first-order valence-corrected chi connectivity index (χ1v) is 5.67. The van der Waals surface area contributed by atoms with E-state index in [9.17, 15) is 22.8 Å². The van der Waals surface area contributed by atoms with E-state index in [1.54, 1.807) is 19.2 Å². The molecule has 0 aliphatic heterocycles. The molecule has 0 spiro atoms. The number of alkyl halides is 3. The second kappa shape index (κ2) is 5.93. The summed E-state index contributed by atoms with van der Waals surface area (Å²) in [5.74, 6) is -2.49. The minimum atomic E-state index is -4.71. The molecule has 0 saturated heterocycles. The molecule has 20 heavy (non-hydrogen) atoms. The molecular weight excluding hydrogens is 281 g/mol. The highest BCUT2D eigenvalue weighted by Crippen LogP contribution is 2.22. The Kier molecular flexibility index (Phi) is 4.74. The molecule has 6 nitrogen and oxygen atoms in total. The lowest BCUT2D eigenvalue weighted by molar-refractivity contribution is -0.157. The van der Waals surface area contributed by atoms with Gasteiger partial charge in [0, 0.05) is 12.0 Å². The number of nitrogens with zero attached hydrogens (tertiary/aromatic N) is 1. The van der Waals surface area contributed by atoms with Crippen LogP contribution in [0.5, 0.6) is 0 Å². The summed E-state index contributed by atoms with van der Waals surface area (Å²) in [6.07, 6.45) is -6.37. The van der Waals surface area contributed by atoms with Gasteiger partial charge in [0.15, 0.2) is 5.69 Å². The van der Waals surface area contributed by atoms with Crippen LogP contribution in [0.2, 0.25) is 0 Å². The smallest absolute Gasteiger partial charge is 0.391 e. The van der Waals surface area contributed by atoms with Gasteiger partial charge in [0.25, 0.3) is 5.91 Å². The lowest BCUT2D eigenvalue weighted by Gasteiger charge is -2.15. The Labute approximate surface area is 111 Å². The van der Waals surface area contributed by atoms with E-state index in [0.29, 0.717) is 5.76 Å². The predicted octanol–water partition coefficient (Wildman–Crippen LogP) is 1.93. The molecule has 1 unspecified atom stereocenters. The zero-order valence-corrected chi connectivity index (χ0v) is 10.7. The van der Waals surface area contributed by atoms with Crippen LogP contribution in [0.15, 0.2) is 10.6 Å². The molecule has 1 rings (SSSR count). The van der Waals surface area contributed by atoms with Gasteiger partial charge in [-0.15, -0.1) is 0 Å². The van der Waals surface area contributed by atoms with E-state index in [4.69, 9.17) is 9.63 Å². The largest absolute Gasteiger partial charge is 0.480 e. The number of amides is 1. The molecule has 1 amide bonds. The summed E-state index contributed by atoms with van der Waals surface area (Å²) >= 11 is 0. The Bertz CT molecular complexity index is 496. The van der Waals surface area contributed by atoms with Crippen LogP contribution >= 0.6 is 0 Å². The molecule has 112 valence electrons. The van der Waals surface area contributed by atoms with Gasteiger partial charge in [-0.3, -0.25) is 4.79 Å². The fraction of sp³-hybridized carbons (Fsp3) is 0.545. The number of hydrogen-bond donors (Lipinski definition) is 2. The van der Waals surface area contributed by atoms with Crippen LogP contribution in [-0.4, -0.2) is 34.4 Å². The van der Waals surface area contributed by atoms with E-state index in [1.165, 1.54) is 6.07 Å². The van der Waals surface area contributed by atoms with Crippen LogP contribution in [0.3, 0.4) is 0 Å². The summed E-state index contributed by atoms with van der Waals surface area (Å²) in [5.41, 5.74) is -0.262. The number of carbonyl (C=O) groups is 2. The number of rotatable bonds is 5. The van der Waals surface area contributed by atoms with Crippen molar-refractivity contribution in [1.82, 2.24) is 10.5 Å². The number of hydrogen-bond acceptors (Lipinski definition) is 4. The van der Waals surface area contributed by atoms with Gasteiger partial charge >= 0.3 is 12.1 Å². The van der Waals surface area contributed by atoms with Crippen LogP contribution in [0, 0.1) is 0 Å². The Hall–Kier alpha value is -2.06. The van der Waals surface area contributed by atoms with E-state index < -0.39 is 30.5 Å². The summed E-state index contributed by atoms with van der Waals surface area (Å²) in [6.45, 7) is 3.54. The lowest BCUT2D eigenvalue weighted by Crippen LogP contribution is -2.43. The molecule has 0 aliphatic carbocycles. The van der Waals surface area contributed by atoms with Crippen molar-refractivity contribution in [2.24, 2.45) is 0 Å². The predicted molar refractivity (Wildman–Crippen MR) is 60.2 cm³/mol. The van der Waals surface area contributed by atoms with Gasteiger partial charge in [-0.2, -0.15) is 13.2 Å². The molecule has 9 heteroatoms. The average Bonchev–Trinajstić information content (AvgIpc) is 2.75. The Morgan fingerprint density at radius 2 is 2.05 bits per heavy atom. The standard InChI is InChI=1S/C11H13F3N2O4/c1-5(2)8-3-6(16-20-8)9(17)15-7(10(18)19)4-11(12,13)14/h3,5,7H,4H2,1-2H3,(H,15,17)(H,18,19). The zero-order chi connectivity index (χ0) is 15.5. The van der Waals surface area contributed by atoms with E-state index in [0.717, 1.165) is 0 Å². The van der Waals surface area contributed by atoms with E-state index in [2.05, 4.69) is 5.16 Å². The molecule has 1 heterocycles. The van der Waals surface area contributed by atoms with Crippen LogP contribution in [0.4, 0.5) is 13.2 Å². The minimum Gasteiger partial charge on any atom is -0.480 e. The Balaban J connectivity index is 2.77. The highest BCUT2D eigenvalue weighted by Gasteiger charge is 2.36. The molecule has 1 aromatic rings. The van der Waals surface area contributed by atoms with Gasteiger partial charge < -0.3 is 14.9 Å². The van der Waals surface area contributed by atoms with Gasteiger partial charge in [0.2, 0.25) is 0 Å². The maximum absolute atomic E-state index is 12.2. The van der Waals surface area contributed by atoms with Crippen molar-refractivity contribution in [2.45, 2.75) is 38.4 Å². The highest BCUT2D eigenvalue weighted by molar-refractivity contribution is 5.94. The molecule has 0 fully saturated rings. The van der Waals surface area contributed by atoms with Crippen molar-refractivity contribution in [3.05, 3.63) is 17.5 Å². The van der Waals surface area contributed by atoms with E-state index in [-0.39, 0.29) is 11.6 Å². The second-order valence-electron chi connectivity index (χ2n) is 4.45. The summed E-state index contributed by atoms with van der Waals surface area (Å²) < 4.78 is 41.3. The SMILES string of the molecule is CC(C)c1cc(C(=O)NC(CC(F)(F)F)C(=O)O)no1. The van der Waals surface area contributed by atoms with Crippen molar-refractivity contribution in [3.8, 4) is 0 Å². The number of aliphatic carboxylic acids is 1. The first-order chi connectivity index (χ1) is 9.10. The fourth-order valence-electron chi connectivity index (χ4n) is 1.33. The number of carboxylic acid groups (broad SMARTS) is 1. The monoisotopic (exact) mass is 294 g/mol. The summed E-state index contributed by atoms with van der Waals surface area (Å²) in [4.78, 5) is 22.3. The zero-order valence-electron chi connectivity index (χ0n) is 10.7. The Morgan fingerprint density at radius 3 is 2.45 bits per heavy atom. The average molecular weight is 294 g/mol. The van der Waals surface area contributed by atoms with Crippen LogP contribution in [0.1, 0.15) is 42.4 Å². The third-order valence-electron chi connectivity index (χ3n) is 2.37. The molecule has 0 radical (unpaired) electrons. The van der Waals surface area contributed by atoms with Gasteiger partial charge in [-0.05, 0) is 0 Å². The number of aromatic nitrogens is 1. The normalized spacial score (nSPS) is 13.3. The molecular formula is C11H13F3N2O4. The van der Waals surface area contributed by atoms with Crippen LogP contribution in [-0.2, 0) is 4.79 Å². The van der Waals surface area contributed by atoms with Crippen LogP contribution in [0.25, 0.3) is 0 Å². The molecule has 1 aromatic heterocycles. The maximum Gasteiger partial charge on any atom is 0.391 e. The van der Waals surface area contributed by atoms with Crippen LogP contribution < -0.4 is 5.32 Å². The molecule has 0 saturated carbocycles. The topological polar surface area (TPSA) is 92.4 Å². The van der Waals surface area contributed by atoms with Gasteiger partial charge in [-0.1, -0.05) is 19.0 Å². The second-order valence-corrected chi connectivity index (χ2v) is 4.45. The minimum absolute atomic E-state index is 0.0607. The molecule has 2 N–H and O–H groups in total. The first-order valence-electron chi connectivity index (χ1n) is 5.67. The van der Waals surface area contributed by atoms with Crippen molar-refractivity contribution in [3.63, 3.8) is 0 Å². The van der Waals surface area contributed by atoms with Gasteiger partial charge in [0.05, 0.1) is 6.42 Å². The summed E-state index contributed by atoms with van der Waals surface area (Å²) in [5, 5.41) is 13.8. The number of nitrogens with one attached hydrogen (secondary N) is 1. The van der Waals surface area contributed by atoms with Crippen molar-refractivity contribution in [2.75, 3.05) is 0 Å². The van der Waals surface area contributed by atoms with Crippen molar-refractivity contribution < 1.29 is 32.4 Å². The Morgan fingerprint density at radius 1 is 1.45 bits per heavy atom. The van der Waals surface area contributed by atoms with Crippen molar-refractivity contribution >= 4 is 11.9 Å². The van der Waals surface area contributed by atoms with Gasteiger partial charge in [0.1, 0.15) is 11.8 Å². The summed E-state index contributed by atoms with van der Waals surface area (Å²) in [7, 11) is 0. The number of carboxylic acids is 1. The molecule has 1 atom stereocenters. The maximum atomic E-state index is 12.2. The third kappa shape index (κ3) is 4.56. The van der Waals surface area contributed by atoms with E-state index in [1.807, 2.05) is 0 Å². The molecule has 0 aliphatic rings. The van der Waals surface area contributed by atoms with E-state index >= 15 is 0 Å². The highest BCUT2D eigenvalue weighted by atomic mass is 19.4. The summed E-state index contributed by atoms with van der Waals surface area (Å²) in [6, 6.07) is -0.811. The third-order valence-corrected chi connectivity index (χ3v) is 2.37. The van der Waals surface area contributed by atoms with Crippen molar-refractivity contribution in [1.29, 1.82) is 0 Å². The van der Waals surface area contributed by atoms with Gasteiger partial charge in [-0.25, -0.2) is 4.79 Å². The quantitative estimate of drug-likeness (QED) is 0.865. The molecule has 0 bridgehead atoms.